The highest BCUT2D eigenvalue weighted by atomic mass is 16.3. The molecule has 0 saturated carbocycles. The van der Waals surface area contributed by atoms with E-state index in [0.29, 0.717) is 0 Å². The summed E-state index contributed by atoms with van der Waals surface area (Å²) in [6.07, 6.45) is 4.23. The van der Waals surface area contributed by atoms with Crippen molar-refractivity contribution in [3.8, 4) is 0 Å². The summed E-state index contributed by atoms with van der Waals surface area (Å²) in [6, 6.07) is 0. The van der Waals surface area contributed by atoms with Gasteiger partial charge in [0.15, 0.2) is 0 Å². The van der Waals surface area contributed by atoms with Gasteiger partial charge in [0, 0.05) is 13.1 Å². The fourth-order valence-corrected chi connectivity index (χ4v) is 2.14. The van der Waals surface area contributed by atoms with E-state index >= 15 is 0 Å². The van der Waals surface area contributed by atoms with Gasteiger partial charge >= 0.3 is 0 Å². The van der Waals surface area contributed by atoms with Crippen molar-refractivity contribution in [3.63, 3.8) is 0 Å². The molecular weight excluding hydrogens is 200 g/mol. The zero-order valence-electron chi connectivity index (χ0n) is 11.1. The van der Waals surface area contributed by atoms with Crippen LogP contribution in [0.1, 0.15) is 46.5 Å². The van der Waals surface area contributed by atoms with Crippen LogP contribution in [0.4, 0.5) is 0 Å². The lowest BCUT2D eigenvalue weighted by molar-refractivity contribution is -0.00601. The van der Waals surface area contributed by atoms with Gasteiger partial charge in [0.1, 0.15) is 0 Å². The minimum atomic E-state index is -0.424. The molecule has 96 valence electrons. The Balaban J connectivity index is 2.16. The van der Waals surface area contributed by atoms with Crippen molar-refractivity contribution >= 4 is 0 Å². The molecule has 1 saturated heterocycles. The SMILES string of the molecule is CC(C)(CN)CCCN1CCC(C)(O)CC1. The number of hydrogen-bond acceptors (Lipinski definition) is 3. The molecule has 0 bridgehead atoms. The van der Waals surface area contributed by atoms with Crippen LogP contribution in [0.15, 0.2) is 0 Å². The number of nitrogens with two attached hydrogens (primary N) is 1. The second kappa shape index (κ2) is 5.48. The third-order valence-corrected chi connectivity index (χ3v) is 3.81. The minimum Gasteiger partial charge on any atom is -0.390 e. The van der Waals surface area contributed by atoms with Crippen LogP contribution in [0.2, 0.25) is 0 Å². The van der Waals surface area contributed by atoms with Crippen molar-refractivity contribution in [3.05, 3.63) is 0 Å². The normalized spacial score (nSPS) is 22.3. The lowest BCUT2D eigenvalue weighted by Gasteiger charge is -2.36. The van der Waals surface area contributed by atoms with Crippen LogP contribution < -0.4 is 5.73 Å². The van der Waals surface area contributed by atoms with E-state index in [1.165, 1.54) is 12.8 Å². The number of hydrogen-bond donors (Lipinski definition) is 2. The Morgan fingerprint density at radius 3 is 2.38 bits per heavy atom. The second-order valence-electron chi connectivity index (χ2n) is 6.31. The van der Waals surface area contributed by atoms with E-state index in [4.69, 9.17) is 5.73 Å². The zero-order valence-corrected chi connectivity index (χ0v) is 11.1. The van der Waals surface area contributed by atoms with E-state index in [1.54, 1.807) is 0 Å². The van der Waals surface area contributed by atoms with Crippen LogP contribution in [0, 0.1) is 5.41 Å². The van der Waals surface area contributed by atoms with Gasteiger partial charge in [-0.25, -0.2) is 0 Å². The summed E-state index contributed by atoms with van der Waals surface area (Å²) in [5.41, 5.74) is 5.57. The molecule has 3 N–H and O–H groups in total. The molecular formula is C13H28N2O. The molecule has 1 aliphatic heterocycles. The molecule has 0 spiro atoms. The van der Waals surface area contributed by atoms with Gasteiger partial charge in [0.05, 0.1) is 5.60 Å². The topological polar surface area (TPSA) is 49.5 Å². The molecule has 0 radical (unpaired) electrons. The lowest BCUT2D eigenvalue weighted by atomic mass is 9.87. The molecule has 3 nitrogen and oxygen atoms in total. The summed E-state index contributed by atoms with van der Waals surface area (Å²) in [5.74, 6) is 0. The number of aliphatic hydroxyl groups is 1. The van der Waals surface area contributed by atoms with Gasteiger partial charge in [-0.05, 0) is 51.1 Å². The van der Waals surface area contributed by atoms with Gasteiger partial charge in [-0.2, -0.15) is 0 Å². The highest BCUT2D eigenvalue weighted by Gasteiger charge is 2.27. The summed E-state index contributed by atoms with van der Waals surface area (Å²) < 4.78 is 0. The van der Waals surface area contributed by atoms with Gasteiger partial charge in [0.25, 0.3) is 0 Å². The van der Waals surface area contributed by atoms with Crippen LogP contribution in [0.5, 0.6) is 0 Å². The molecule has 0 aliphatic carbocycles. The van der Waals surface area contributed by atoms with Crippen molar-refractivity contribution < 1.29 is 5.11 Å². The third-order valence-electron chi connectivity index (χ3n) is 3.81. The molecule has 1 aliphatic rings. The van der Waals surface area contributed by atoms with Crippen LogP contribution in [0.3, 0.4) is 0 Å². The maximum absolute atomic E-state index is 9.84. The number of piperidine rings is 1. The molecule has 1 fully saturated rings. The van der Waals surface area contributed by atoms with Crippen molar-refractivity contribution in [1.29, 1.82) is 0 Å². The van der Waals surface area contributed by atoms with Gasteiger partial charge in [0.2, 0.25) is 0 Å². The molecule has 0 aromatic rings. The molecule has 0 aromatic carbocycles. The quantitative estimate of drug-likeness (QED) is 0.751. The molecule has 3 heteroatoms. The summed E-state index contributed by atoms with van der Waals surface area (Å²) in [5, 5.41) is 9.84. The second-order valence-corrected chi connectivity index (χ2v) is 6.31. The van der Waals surface area contributed by atoms with Gasteiger partial charge in [-0.15, -0.1) is 0 Å². The Hall–Kier alpha value is -0.120. The number of nitrogens with zero attached hydrogens (tertiary/aromatic N) is 1. The van der Waals surface area contributed by atoms with Crippen molar-refractivity contribution in [2.24, 2.45) is 11.1 Å². The molecule has 0 amide bonds. The number of rotatable bonds is 5. The Bertz CT molecular complexity index is 204. The molecule has 0 aromatic heterocycles. The summed E-state index contributed by atoms with van der Waals surface area (Å²) in [6.45, 7) is 10.4. The molecule has 0 atom stereocenters. The zero-order chi connectivity index (χ0) is 12.2. The third kappa shape index (κ3) is 4.81. The maximum atomic E-state index is 9.84. The van der Waals surface area contributed by atoms with Crippen molar-refractivity contribution in [1.82, 2.24) is 4.90 Å². The monoisotopic (exact) mass is 228 g/mol. The first-order chi connectivity index (χ1) is 7.35. The van der Waals surface area contributed by atoms with Gasteiger partial charge in [-0.1, -0.05) is 13.8 Å². The predicted octanol–water partition coefficient (Wildman–Crippen LogP) is 1.60. The van der Waals surface area contributed by atoms with Crippen molar-refractivity contribution in [2.45, 2.75) is 52.1 Å². The smallest absolute Gasteiger partial charge is 0.0644 e. The standard InChI is InChI=1S/C13H28N2O/c1-12(2,11-14)5-4-8-15-9-6-13(3,16)7-10-15/h16H,4-11,14H2,1-3H3. The van der Waals surface area contributed by atoms with Crippen LogP contribution in [-0.4, -0.2) is 41.8 Å². The first-order valence-corrected chi connectivity index (χ1v) is 6.49. The van der Waals surface area contributed by atoms with Crippen LogP contribution >= 0.6 is 0 Å². The maximum Gasteiger partial charge on any atom is 0.0644 e. The average molecular weight is 228 g/mol. The van der Waals surface area contributed by atoms with Gasteiger partial charge < -0.3 is 15.7 Å². The summed E-state index contributed by atoms with van der Waals surface area (Å²) in [7, 11) is 0. The minimum absolute atomic E-state index is 0.279. The first-order valence-electron chi connectivity index (χ1n) is 6.49. The molecule has 0 unspecified atom stereocenters. The fraction of sp³-hybridized carbons (Fsp3) is 1.00. The number of likely N-dealkylation sites (tertiary alicyclic amines) is 1. The predicted molar refractivity (Wildman–Crippen MR) is 68.4 cm³/mol. The Morgan fingerprint density at radius 1 is 1.31 bits per heavy atom. The summed E-state index contributed by atoms with van der Waals surface area (Å²) >= 11 is 0. The Morgan fingerprint density at radius 2 is 1.88 bits per heavy atom. The first kappa shape index (κ1) is 13.9. The van der Waals surface area contributed by atoms with E-state index in [0.717, 1.165) is 39.0 Å². The van der Waals surface area contributed by atoms with E-state index in [9.17, 15) is 5.11 Å². The van der Waals surface area contributed by atoms with E-state index in [1.807, 2.05) is 6.92 Å². The lowest BCUT2D eigenvalue weighted by Crippen LogP contribution is -2.42. The molecule has 1 rings (SSSR count). The Labute approximate surface area is 100 Å². The molecule has 1 heterocycles. The highest BCUT2D eigenvalue weighted by Crippen LogP contribution is 2.23. The largest absolute Gasteiger partial charge is 0.390 e. The highest BCUT2D eigenvalue weighted by molar-refractivity contribution is 4.81. The van der Waals surface area contributed by atoms with Crippen LogP contribution in [0.25, 0.3) is 0 Å². The fourth-order valence-electron chi connectivity index (χ4n) is 2.14. The Kier molecular flexibility index (Phi) is 4.77. The average Bonchev–Trinajstić information content (AvgIpc) is 2.20. The van der Waals surface area contributed by atoms with Crippen molar-refractivity contribution in [2.75, 3.05) is 26.2 Å². The van der Waals surface area contributed by atoms with E-state index in [-0.39, 0.29) is 5.41 Å². The van der Waals surface area contributed by atoms with Gasteiger partial charge in [-0.3, -0.25) is 0 Å². The van der Waals surface area contributed by atoms with E-state index in [2.05, 4.69) is 18.7 Å². The van der Waals surface area contributed by atoms with E-state index < -0.39 is 5.60 Å². The van der Waals surface area contributed by atoms with Crippen LogP contribution in [-0.2, 0) is 0 Å². The summed E-state index contributed by atoms with van der Waals surface area (Å²) in [4.78, 5) is 2.46. The molecule has 16 heavy (non-hydrogen) atoms.